The van der Waals surface area contributed by atoms with Gasteiger partial charge in [-0.15, -0.1) is 0 Å². The Labute approximate surface area is 155 Å². The number of rotatable bonds is 14. The van der Waals surface area contributed by atoms with Crippen LogP contribution in [0.5, 0.6) is 0 Å². The second-order valence-corrected chi connectivity index (χ2v) is 8.52. The van der Waals surface area contributed by atoms with E-state index in [0.717, 1.165) is 19.3 Å². The van der Waals surface area contributed by atoms with Gasteiger partial charge in [-0.1, -0.05) is 78.6 Å². The van der Waals surface area contributed by atoms with Gasteiger partial charge in [0.05, 0.1) is 6.61 Å². The summed E-state index contributed by atoms with van der Waals surface area (Å²) in [7, 11) is 0. The van der Waals surface area contributed by atoms with Gasteiger partial charge in [0.25, 0.3) is 0 Å². The fraction of sp³-hybridized carbons (Fsp3) is 0.909. The molecular weight excluding hydrogens is 312 g/mol. The first-order chi connectivity index (χ1) is 11.9. The molecule has 0 N–H and O–H groups in total. The number of hydrogen-bond donors (Lipinski definition) is 0. The van der Waals surface area contributed by atoms with Gasteiger partial charge in [-0.3, -0.25) is 9.59 Å². The standard InChI is InChI=1S/C22H40O3/c1-5-6-7-8-9-10-11-12-13-14-15-25-21(24)17-19-16-20(18(2)23)22(19,3)4/h19-20H,5-17H2,1-4H3/t19-,20-/m1/s1. The number of ether oxygens (including phenoxy) is 1. The highest BCUT2D eigenvalue weighted by Gasteiger charge is 2.50. The predicted molar refractivity (Wildman–Crippen MR) is 103 cm³/mol. The lowest BCUT2D eigenvalue weighted by atomic mass is 9.53. The predicted octanol–water partition coefficient (Wildman–Crippen LogP) is 6.09. The lowest BCUT2D eigenvalue weighted by Gasteiger charge is -2.50. The van der Waals surface area contributed by atoms with Crippen molar-refractivity contribution in [2.75, 3.05) is 6.61 Å². The van der Waals surface area contributed by atoms with Crippen LogP contribution in [0, 0.1) is 17.3 Å². The van der Waals surface area contributed by atoms with Gasteiger partial charge in [-0.2, -0.15) is 0 Å². The molecule has 1 fully saturated rings. The highest BCUT2D eigenvalue weighted by atomic mass is 16.5. The summed E-state index contributed by atoms with van der Waals surface area (Å²) in [5.41, 5.74) is -0.0536. The molecule has 1 saturated carbocycles. The maximum Gasteiger partial charge on any atom is 0.306 e. The lowest BCUT2D eigenvalue weighted by molar-refractivity contribution is -0.153. The second-order valence-electron chi connectivity index (χ2n) is 8.52. The van der Waals surface area contributed by atoms with E-state index in [9.17, 15) is 9.59 Å². The number of carbonyl (C=O) groups excluding carboxylic acids is 2. The third kappa shape index (κ3) is 7.92. The van der Waals surface area contributed by atoms with Gasteiger partial charge in [0.2, 0.25) is 0 Å². The van der Waals surface area contributed by atoms with Gasteiger partial charge in [-0.25, -0.2) is 0 Å². The van der Waals surface area contributed by atoms with Crippen molar-refractivity contribution in [3.05, 3.63) is 0 Å². The molecule has 0 aliphatic heterocycles. The van der Waals surface area contributed by atoms with Crippen molar-refractivity contribution in [2.45, 2.75) is 105 Å². The van der Waals surface area contributed by atoms with E-state index < -0.39 is 0 Å². The summed E-state index contributed by atoms with van der Waals surface area (Å²) in [4.78, 5) is 23.5. The normalized spacial score (nSPS) is 21.6. The third-order valence-electron chi connectivity index (χ3n) is 6.14. The van der Waals surface area contributed by atoms with Crippen LogP contribution < -0.4 is 0 Å². The first-order valence-electron chi connectivity index (χ1n) is 10.6. The largest absolute Gasteiger partial charge is 0.466 e. The SMILES string of the molecule is CCCCCCCCCCCCOC(=O)C[C@H]1C[C@H](C(C)=O)C1(C)C. The molecule has 0 spiro atoms. The molecule has 1 rings (SSSR count). The van der Waals surface area contributed by atoms with E-state index in [1.165, 1.54) is 51.4 Å². The molecule has 0 aromatic carbocycles. The minimum absolute atomic E-state index is 0.0536. The Morgan fingerprint density at radius 3 is 1.92 bits per heavy atom. The number of hydrogen-bond acceptors (Lipinski definition) is 3. The van der Waals surface area contributed by atoms with Crippen molar-refractivity contribution in [1.82, 2.24) is 0 Å². The number of unbranched alkanes of at least 4 members (excludes halogenated alkanes) is 9. The van der Waals surface area contributed by atoms with E-state index in [-0.39, 0.29) is 23.1 Å². The van der Waals surface area contributed by atoms with Gasteiger partial charge in [0, 0.05) is 12.3 Å². The fourth-order valence-electron chi connectivity index (χ4n) is 4.09. The van der Waals surface area contributed by atoms with Crippen molar-refractivity contribution in [2.24, 2.45) is 17.3 Å². The smallest absolute Gasteiger partial charge is 0.306 e. The van der Waals surface area contributed by atoms with Crippen molar-refractivity contribution in [3.8, 4) is 0 Å². The van der Waals surface area contributed by atoms with Crippen LogP contribution in [0.3, 0.4) is 0 Å². The summed E-state index contributed by atoms with van der Waals surface area (Å²) < 4.78 is 5.39. The maximum atomic E-state index is 12.0. The Morgan fingerprint density at radius 2 is 1.44 bits per heavy atom. The molecule has 0 amide bonds. The Kier molecular flexibility index (Phi) is 10.4. The van der Waals surface area contributed by atoms with Crippen LogP contribution in [0.25, 0.3) is 0 Å². The van der Waals surface area contributed by atoms with E-state index in [2.05, 4.69) is 20.8 Å². The molecule has 0 bridgehead atoms. The van der Waals surface area contributed by atoms with Gasteiger partial charge in [-0.05, 0) is 31.1 Å². The van der Waals surface area contributed by atoms with Crippen LogP contribution in [0.1, 0.15) is 105 Å². The van der Waals surface area contributed by atoms with E-state index in [0.29, 0.717) is 18.9 Å². The zero-order valence-electron chi connectivity index (χ0n) is 17.1. The summed E-state index contributed by atoms with van der Waals surface area (Å²) in [6.07, 6.45) is 14.2. The molecule has 3 heteroatoms. The molecule has 3 nitrogen and oxygen atoms in total. The highest BCUT2D eigenvalue weighted by Crippen LogP contribution is 2.53. The van der Waals surface area contributed by atoms with Crippen LogP contribution in [-0.2, 0) is 14.3 Å². The molecule has 146 valence electrons. The number of ketones is 1. The van der Waals surface area contributed by atoms with Crippen LogP contribution in [0.4, 0.5) is 0 Å². The molecule has 0 aromatic heterocycles. The summed E-state index contributed by atoms with van der Waals surface area (Å²) in [5.74, 6) is 0.574. The Morgan fingerprint density at radius 1 is 0.920 bits per heavy atom. The molecule has 1 aliphatic carbocycles. The molecule has 0 aromatic rings. The summed E-state index contributed by atoms with van der Waals surface area (Å²) in [6.45, 7) is 8.67. The van der Waals surface area contributed by atoms with Gasteiger partial charge in [0.1, 0.15) is 5.78 Å². The van der Waals surface area contributed by atoms with E-state index >= 15 is 0 Å². The van der Waals surface area contributed by atoms with Crippen molar-refractivity contribution in [3.63, 3.8) is 0 Å². The Balaban J connectivity index is 1.95. The molecule has 2 atom stereocenters. The number of esters is 1. The lowest BCUT2D eigenvalue weighted by Crippen LogP contribution is -2.49. The summed E-state index contributed by atoms with van der Waals surface area (Å²) >= 11 is 0. The maximum absolute atomic E-state index is 12.0. The van der Waals surface area contributed by atoms with Crippen molar-refractivity contribution < 1.29 is 14.3 Å². The first-order valence-corrected chi connectivity index (χ1v) is 10.6. The zero-order valence-corrected chi connectivity index (χ0v) is 17.1. The van der Waals surface area contributed by atoms with Crippen LogP contribution in [0.15, 0.2) is 0 Å². The van der Waals surface area contributed by atoms with Crippen molar-refractivity contribution in [1.29, 1.82) is 0 Å². The molecule has 0 heterocycles. The number of carbonyl (C=O) groups is 2. The average molecular weight is 353 g/mol. The average Bonchev–Trinajstić information content (AvgIpc) is 2.55. The third-order valence-corrected chi connectivity index (χ3v) is 6.14. The summed E-state index contributed by atoms with van der Waals surface area (Å²) in [6, 6.07) is 0. The Bertz CT molecular complexity index is 400. The number of Topliss-reactive ketones (excluding diaryl/α,β-unsaturated/α-hetero) is 1. The topological polar surface area (TPSA) is 43.4 Å². The second kappa shape index (κ2) is 11.7. The van der Waals surface area contributed by atoms with E-state index in [1.807, 2.05) is 0 Å². The van der Waals surface area contributed by atoms with Crippen LogP contribution >= 0.6 is 0 Å². The minimum Gasteiger partial charge on any atom is -0.466 e. The zero-order chi connectivity index (χ0) is 18.7. The highest BCUT2D eigenvalue weighted by molar-refractivity contribution is 5.81. The molecule has 25 heavy (non-hydrogen) atoms. The molecular formula is C22H40O3. The van der Waals surface area contributed by atoms with E-state index in [1.54, 1.807) is 6.92 Å². The Hall–Kier alpha value is -0.860. The van der Waals surface area contributed by atoms with Gasteiger partial charge in [0.15, 0.2) is 0 Å². The van der Waals surface area contributed by atoms with Gasteiger partial charge >= 0.3 is 5.97 Å². The first kappa shape index (κ1) is 22.2. The van der Waals surface area contributed by atoms with Crippen LogP contribution in [-0.4, -0.2) is 18.4 Å². The molecule has 0 radical (unpaired) electrons. The quantitative estimate of drug-likeness (QED) is 0.280. The monoisotopic (exact) mass is 352 g/mol. The van der Waals surface area contributed by atoms with E-state index in [4.69, 9.17) is 4.74 Å². The molecule has 1 aliphatic rings. The molecule has 0 saturated heterocycles. The minimum atomic E-state index is -0.0870. The van der Waals surface area contributed by atoms with Gasteiger partial charge < -0.3 is 4.74 Å². The fourth-order valence-corrected chi connectivity index (χ4v) is 4.09. The van der Waals surface area contributed by atoms with Crippen molar-refractivity contribution >= 4 is 11.8 Å². The molecule has 0 unspecified atom stereocenters. The summed E-state index contributed by atoms with van der Waals surface area (Å²) in [5, 5.41) is 0. The van der Waals surface area contributed by atoms with Crippen LogP contribution in [0.2, 0.25) is 0 Å².